The zero-order valence-electron chi connectivity index (χ0n) is 13.0. The summed E-state index contributed by atoms with van der Waals surface area (Å²) < 4.78 is 5.36. The molecule has 3 nitrogen and oxygen atoms in total. The van der Waals surface area contributed by atoms with Gasteiger partial charge < -0.3 is 9.64 Å². The van der Waals surface area contributed by atoms with Crippen molar-refractivity contribution in [1.82, 2.24) is 0 Å². The highest BCUT2D eigenvalue weighted by molar-refractivity contribution is 6.30. The number of nitriles is 1. The van der Waals surface area contributed by atoms with Crippen LogP contribution in [-0.4, -0.2) is 21.2 Å². The minimum Gasteiger partial charge on any atom is -0.496 e. The summed E-state index contributed by atoms with van der Waals surface area (Å²) in [6.45, 7) is 0. The molecule has 2 aromatic rings. The van der Waals surface area contributed by atoms with E-state index in [2.05, 4.69) is 6.07 Å². The standard InChI is InChI=1S/C18H19ClN2O/c1-21(2)17-7-4-13(5-8-17)15(12-20)10-14-11-16(19)6-9-18(14)22-3/h4-9,11,15H,10H2,1-3H3. The van der Waals surface area contributed by atoms with E-state index in [0.717, 1.165) is 22.6 Å². The third-order valence-corrected chi connectivity index (χ3v) is 3.87. The summed E-state index contributed by atoms with van der Waals surface area (Å²) in [5.41, 5.74) is 3.05. The Bertz CT molecular complexity index is 674. The van der Waals surface area contributed by atoms with Gasteiger partial charge in [0.15, 0.2) is 0 Å². The fourth-order valence-corrected chi connectivity index (χ4v) is 2.56. The van der Waals surface area contributed by atoms with E-state index in [1.165, 1.54) is 0 Å². The highest BCUT2D eigenvalue weighted by Crippen LogP contribution is 2.29. The zero-order chi connectivity index (χ0) is 16.1. The number of rotatable bonds is 5. The predicted molar refractivity (Wildman–Crippen MR) is 90.8 cm³/mol. The van der Waals surface area contributed by atoms with Gasteiger partial charge in [-0.25, -0.2) is 0 Å². The van der Waals surface area contributed by atoms with Gasteiger partial charge in [0.25, 0.3) is 0 Å². The molecule has 0 heterocycles. The molecule has 0 radical (unpaired) electrons. The molecule has 1 unspecified atom stereocenters. The molecule has 0 aromatic heterocycles. The van der Waals surface area contributed by atoms with Crippen molar-refractivity contribution in [3.8, 4) is 11.8 Å². The van der Waals surface area contributed by atoms with Crippen LogP contribution in [0.4, 0.5) is 5.69 Å². The number of anilines is 1. The van der Waals surface area contributed by atoms with E-state index in [1.807, 2.05) is 55.4 Å². The second-order valence-electron chi connectivity index (χ2n) is 5.33. The van der Waals surface area contributed by atoms with Gasteiger partial charge in [-0.2, -0.15) is 5.26 Å². The lowest BCUT2D eigenvalue weighted by atomic mass is 9.92. The fourth-order valence-electron chi connectivity index (χ4n) is 2.37. The van der Waals surface area contributed by atoms with Gasteiger partial charge in [-0.05, 0) is 47.9 Å². The van der Waals surface area contributed by atoms with Gasteiger partial charge in [-0.15, -0.1) is 0 Å². The van der Waals surface area contributed by atoms with E-state index in [0.29, 0.717) is 11.4 Å². The summed E-state index contributed by atoms with van der Waals surface area (Å²) in [4.78, 5) is 2.03. The van der Waals surface area contributed by atoms with Crippen LogP contribution < -0.4 is 9.64 Å². The minimum atomic E-state index is -0.233. The van der Waals surface area contributed by atoms with Gasteiger partial charge in [0.05, 0.1) is 19.1 Å². The van der Waals surface area contributed by atoms with Crippen molar-refractivity contribution in [3.05, 3.63) is 58.6 Å². The molecule has 0 bridgehead atoms. The molecule has 0 amide bonds. The Kier molecular flexibility index (Phi) is 5.30. The summed E-state index contributed by atoms with van der Waals surface area (Å²) in [7, 11) is 5.61. The second-order valence-corrected chi connectivity index (χ2v) is 5.76. The zero-order valence-corrected chi connectivity index (χ0v) is 13.8. The molecule has 1 atom stereocenters. The largest absolute Gasteiger partial charge is 0.496 e. The molecule has 114 valence electrons. The molecule has 0 N–H and O–H groups in total. The van der Waals surface area contributed by atoms with Crippen LogP contribution >= 0.6 is 11.6 Å². The Morgan fingerprint density at radius 3 is 2.41 bits per heavy atom. The summed E-state index contributed by atoms with van der Waals surface area (Å²) >= 11 is 6.06. The Morgan fingerprint density at radius 2 is 1.86 bits per heavy atom. The van der Waals surface area contributed by atoms with E-state index in [4.69, 9.17) is 16.3 Å². The van der Waals surface area contributed by atoms with Crippen molar-refractivity contribution in [2.24, 2.45) is 0 Å². The third kappa shape index (κ3) is 3.72. The number of hydrogen-bond donors (Lipinski definition) is 0. The molecular weight excluding hydrogens is 296 g/mol. The number of methoxy groups -OCH3 is 1. The molecule has 22 heavy (non-hydrogen) atoms. The van der Waals surface area contributed by atoms with Gasteiger partial charge in [0.1, 0.15) is 5.75 Å². The molecule has 2 rings (SSSR count). The van der Waals surface area contributed by atoms with Crippen LogP contribution in [0.3, 0.4) is 0 Å². The van der Waals surface area contributed by atoms with Crippen LogP contribution in [0.15, 0.2) is 42.5 Å². The van der Waals surface area contributed by atoms with Crippen molar-refractivity contribution in [3.63, 3.8) is 0 Å². The summed E-state index contributed by atoms with van der Waals surface area (Å²) in [5.74, 6) is 0.526. The minimum absolute atomic E-state index is 0.233. The van der Waals surface area contributed by atoms with E-state index in [9.17, 15) is 5.26 Å². The molecule has 0 spiro atoms. The molecule has 4 heteroatoms. The maximum absolute atomic E-state index is 9.52. The number of benzene rings is 2. The summed E-state index contributed by atoms with van der Waals surface area (Å²) in [5, 5.41) is 10.2. The monoisotopic (exact) mass is 314 g/mol. The van der Waals surface area contributed by atoms with Crippen molar-refractivity contribution in [1.29, 1.82) is 5.26 Å². The fraction of sp³-hybridized carbons (Fsp3) is 0.278. The molecule has 2 aromatic carbocycles. The van der Waals surface area contributed by atoms with E-state index in [1.54, 1.807) is 13.2 Å². The molecule has 0 aliphatic heterocycles. The number of hydrogen-bond acceptors (Lipinski definition) is 3. The van der Waals surface area contributed by atoms with Crippen LogP contribution in [0.5, 0.6) is 5.75 Å². The first-order valence-corrected chi connectivity index (χ1v) is 7.42. The first kappa shape index (κ1) is 16.2. The molecule has 0 aliphatic rings. The quantitative estimate of drug-likeness (QED) is 0.827. The van der Waals surface area contributed by atoms with Crippen molar-refractivity contribution < 1.29 is 4.74 Å². The van der Waals surface area contributed by atoms with Crippen molar-refractivity contribution in [2.75, 3.05) is 26.1 Å². The van der Waals surface area contributed by atoms with Crippen LogP contribution in [0, 0.1) is 11.3 Å². The lowest BCUT2D eigenvalue weighted by Crippen LogP contribution is -2.09. The molecule has 0 saturated carbocycles. The van der Waals surface area contributed by atoms with Crippen LogP contribution in [0.25, 0.3) is 0 Å². The Labute approximate surface area is 136 Å². The van der Waals surface area contributed by atoms with E-state index < -0.39 is 0 Å². The molecule has 0 saturated heterocycles. The number of halogens is 1. The lowest BCUT2D eigenvalue weighted by molar-refractivity contribution is 0.409. The molecular formula is C18H19ClN2O. The SMILES string of the molecule is COc1ccc(Cl)cc1CC(C#N)c1ccc(N(C)C)cc1. The second kappa shape index (κ2) is 7.20. The van der Waals surface area contributed by atoms with Crippen molar-refractivity contribution >= 4 is 17.3 Å². The highest BCUT2D eigenvalue weighted by atomic mass is 35.5. The number of nitrogens with zero attached hydrogens (tertiary/aromatic N) is 2. The van der Waals surface area contributed by atoms with Gasteiger partial charge in [0.2, 0.25) is 0 Å². The average Bonchev–Trinajstić information content (AvgIpc) is 2.53. The lowest BCUT2D eigenvalue weighted by Gasteiger charge is -2.16. The average molecular weight is 315 g/mol. The van der Waals surface area contributed by atoms with Gasteiger partial charge in [0, 0.05) is 24.8 Å². The van der Waals surface area contributed by atoms with Gasteiger partial charge in [-0.3, -0.25) is 0 Å². The van der Waals surface area contributed by atoms with Crippen LogP contribution in [0.1, 0.15) is 17.0 Å². The van der Waals surface area contributed by atoms with Crippen molar-refractivity contribution in [2.45, 2.75) is 12.3 Å². The van der Waals surface area contributed by atoms with E-state index in [-0.39, 0.29) is 5.92 Å². The Hall–Kier alpha value is -2.18. The number of ether oxygens (including phenoxy) is 1. The molecule has 0 fully saturated rings. The first-order valence-electron chi connectivity index (χ1n) is 7.04. The smallest absolute Gasteiger partial charge is 0.122 e. The van der Waals surface area contributed by atoms with E-state index >= 15 is 0 Å². The van der Waals surface area contributed by atoms with Gasteiger partial charge >= 0.3 is 0 Å². The maximum atomic E-state index is 9.52. The third-order valence-electron chi connectivity index (χ3n) is 3.63. The topological polar surface area (TPSA) is 36.3 Å². The predicted octanol–water partition coefficient (Wildman–Crippen LogP) is 4.26. The first-order chi connectivity index (χ1) is 10.5. The Morgan fingerprint density at radius 1 is 1.18 bits per heavy atom. The summed E-state index contributed by atoms with van der Waals surface area (Å²) in [6.07, 6.45) is 0.571. The van der Waals surface area contributed by atoms with Crippen LogP contribution in [-0.2, 0) is 6.42 Å². The highest BCUT2D eigenvalue weighted by Gasteiger charge is 2.15. The maximum Gasteiger partial charge on any atom is 0.122 e. The van der Waals surface area contributed by atoms with Gasteiger partial charge in [-0.1, -0.05) is 23.7 Å². The molecule has 0 aliphatic carbocycles. The van der Waals surface area contributed by atoms with Crippen LogP contribution in [0.2, 0.25) is 5.02 Å². The summed E-state index contributed by atoms with van der Waals surface area (Å²) in [6, 6.07) is 15.9. The Balaban J connectivity index is 2.26. The normalized spacial score (nSPS) is 11.6.